The van der Waals surface area contributed by atoms with Crippen molar-refractivity contribution in [1.82, 2.24) is 40.5 Å². The topological polar surface area (TPSA) is 213 Å². The van der Waals surface area contributed by atoms with Crippen LogP contribution in [-0.2, 0) is 20.6 Å². The number of hydrogen-bond donors (Lipinski definition) is 4. The highest BCUT2D eigenvalue weighted by Gasteiger charge is 2.29. The van der Waals surface area contributed by atoms with Gasteiger partial charge in [0.05, 0.1) is 22.2 Å². The smallest absolute Gasteiger partial charge is 0.407 e. The molecule has 0 spiro atoms. The second-order valence-electron chi connectivity index (χ2n) is 22.3. The van der Waals surface area contributed by atoms with Crippen molar-refractivity contribution in [2.24, 2.45) is 0 Å². The van der Waals surface area contributed by atoms with E-state index in [2.05, 4.69) is 34.9 Å². The maximum absolute atomic E-state index is 13.2. The molecule has 0 fully saturated rings. The van der Waals surface area contributed by atoms with E-state index in [1.165, 1.54) is 12.1 Å². The van der Waals surface area contributed by atoms with Gasteiger partial charge in [-0.2, -0.15) is 0 Å². The van der Waals surface area contributed by atoms with Crippen molar-refractivity contribution < 1.29 is 38.7 Å². The molecule has 84 heavy (non-hydrogen) atoms. The highest BCUT2D eigenvalue weighted by Crippen LogP contribution is 2.37. The molecule has 16 heteroatoms. The number of alkyl carbamates (subject to hydrolysis) is 2. The van der Waals surface area contributed by atoms with E-state index >= 15 is 0 Å². The van der Waals surface area contributed by atoms with Gasteiger partial charge < -0.3 is 39.8 Å². The molecule has 430 valence electrons. The summed E-state index contributed by atoms with van der Waals surface area (Å²) < 4.78 is 22.8. The molecule has 2 amide bonds. The number of rotatable bonds is 18. The van der Waals surface area contributed by atoms with Gasteiger partial charge in [0, 0.05) is 34.4 Å². The number of ether oxygens (including phenoxy) is 4. The monoisotopic (exact) mass is 1130 g/mol. The normalized spacial score (nSPS) is 11.5. The van der Waals surface area contributed by atoms with Crippen LogP contribution >= 0.6 is 0 Å². The predicted molar refractivity (Wildman–Crippen MR) is 326 cm³/mol. The predicted octanol–water partition coefficient (Wildman–Crippen LogP) is 14.0. The van der Waals surface area contributed by atoms with E-state index in [0.29, 0.717) is 57.6 Å². The molecule has 0 saturated carbocycles. The van der Waals surface area contributed by atoms with Gasteiger partial charge in [0.1, 0.15) is 49.4 Å². The molecule has 2 aromatic heterocycles. The maximum Gasteiger partial charge on any atom is 0.407 e. The van der Waals surface area contributed by atoms with Crippen LogP contribution in [0.2, 0.25) is 0 Å². The first-order chi connectivity index (χ1) is 40.0. The van der Waals surface area contributed by atoms with E-state index in [0.717, 1.165) is 77.9 Å². The zero-order valence-electron chi connectivity index (χ0n) is 49.6. The third-order valence-corrected chi connectivity index (χ3v) is 14.5. The summed E-state index contributed by atoms with van der Waals surface area (Å²) in [4.78, 5) is 55.4. The average molecular weight is 1130 g/mol. The number of carbonyl (C=O) groups excluding carboxylic acids is 2. The van der Waals surface area contributed by atoms with E-state index < -0.39 is 23.3 Å². The Morgan fingerprint density at radius 3 is 0.952 bits per heavy atom. The first-order valence-corrected chi connectivity index (χ1v) is 27.8. The van der Waals surface area contributed by atoms with E-state index in [-0.39, 0.29) is 37.9 Å². The molecule has 0 radical (unpaired) electrons. The van der Waals surface area contributed by atoms with Gasteiger partial charge in [-0.05, 0) is 141 Å². The molecule has 16 nitrogen and oxygen atoms in total. The van der Waals surface area contributed by atoms with E-state index in [1.807, 2.05) is 156 Å². The largest absolute Gasteiger partial charge is 0.507 e. The van der Waals surface area contributed by atoms with E-state index in [4.69, 9.17) is 48.9 Å². The van der Waals surface area contributed by atoms with Crippen LogP contribution < -0.4 is 20.1 Å². The molecule has 9 aromatic rings. The Bertz CT molecular complexity index is 3560. The summed E-state index contributed by atoms with van der Waals surface area (Å²) >= 11 is 0. The van der Waals surface area contributed by atoms with Crippen molar-refractivity contribution in [1.29, 1.82) is 0 Å². The number of aromatic hydroxyl groups is 2. The SMILES string of the molecule is Cc1ccc(-c2nc(-c3ccc(C)cc3C)nc(-c3ccc(OCCOC(=O)NC(C)(C)c4cccc(C(C)(C)NC(=O)OCCOc5ccc(-c6nc(-c7ccc(C)cc7C)nc(-c7ccc(C)cc7C)n6)c(O)c5)c4)cc3O)n2)c(C)c1. The van der Waals surface area contributed by atoms with Crippen LogP contribution in [0.5, 0.6) is 23.0 Å². The molecule has 0 atom stereocenters. The van der Waals surface area contributed by atoms with Crippen LogP contribution in [0.3, 0.4) is 0 Å². The summed E-state index contributed by atoms with van der Waals surface area (Å²) in [7, 11) is 0. The second-order valence-corrected chi connectivity index (χ2v) is 22.3. The molecular formula is C68H70N8O8. The first kappa shape index (κ1) is 58.9. The van der Waals surface area contributed by atoms with Gasteiger partial charge in [-0.3, -0.25) is 0 Å². The number of amides is 2. The molecule has 0 unspecified atom stereocenters. The van der Waals surface area contributed by atoms with Gasteiger partial charge in [-0.25, -0.2) is 39.5 Å². The zero-order chi connectivity index (χ0) is 60.0. The van der Waals surface area contributed by atoms with Gasteiger partial charge in [-0.1, -0.05) is 119 Å². The van der Waals surface area contributed by atoms with E-state index in [1.54, 1.807) is 24.3 Å². The summed E-state index contributed by atoms with van der Waals surface area (Å²) in [6.45, 7) is 23.5. The average Bonchev–Trinajstić information content (AvgIpc) is 1.79. The van der Waals surface area contributed by atoms with Crippen molar-refractivity contribution in [2.45, 2.75) is 94.2 Å². The Morgan fingerprint density at radius 1 is 0.381 bits per heavy atom. The lowest BCUT2D eigenvalue weighted by atomic mass is 9.87. The number of nitrogens with one attached hydrogen (secondary N) is 2. The molecule has 2 heterocycles. The minimum atomic E-state index is -0.889. The Hall–Kier alpha value is -9.70. The van der Waals surface area contributed by atoms with Crippen molar-refractivity contribution in [3.8, 4) is 91.3 Å². The Morgan fingerprint density at radius 2 is 0.667 bits per heavy atom. The summed E-state index contributed by atoms with van der Waals surface area (Å²) in [6, 6.07) is 41.6. The molecule has 4 N–H and O–H groups in total. The molecule has 7 aromatic carbocycles. The molecule has 0 aliphatic carbocycles. The van der Waals surface area contributed by atoms with Crippen LogP contribution in [0.15, 0.2) is 133 Å². The molecule has 0 saturated heterocycles. The molecule has 0 bridgehead atoms. The Balaban J connectivity index is 0.762. The summed E-state index contributed by atoms with van der Waals surface area (Å²) in [6.07, 6.45) is -1.33. The first-order valence-electron chi connectivity index (χ1n) is 27.8. The lowest BCUT2D eigenvalue weighted by molar-refractivity contribution is 0.116. The van der Waals surface area contributed by atoms with Crippen molar-refractivity contribution in [3.63, 3.8) is 0 Å². The maximum atomic E-state index is 13.2. The van der Waals surface area contributed by atoms with Crippen molar-refractivity contribution >= 4 is 12.2 Å². The molecule has 0 aliphatic rings. The molecule has 0 aliphatic heterocycles. The number of aryl methyl sites for hydroxylation is 8. The van der Waals surface area contributed by atoms with Gasteiger partial charge in [0.2, 0.25) is 0 Å². The number of hydrogen-bond acceptors (Lipinski definition) is 14. The summed E-state index contributed by atoms with van der Waals surface area (Å²) in [5.41, 5.74) is 12.6. The van der Waals surface area contributed by atoms with Crippen molar-refractivity contribution in [3.05, 3.63) is 189 Å². The molecule has 9 rings (SSSR count). The van der Waals surface area contributed by atoms with E-state index in [9.17, 15) is 19.8 Å². The highest BCUT2D eigenvalue weighted by molar-refractivity contribution is 5.75. The standard InChI is InChI=1S/C68H70N8O8/c1-39-16-22-51(43(5)32-39)59-69-60(52-23-17-40(2)33-44(52)6)72-63(71-59)55-26-20-49(37-57(55)77)81-28-30-83-65(79)75-67(9,10)47-14-13-15-48(36-47)68(11,12)76-66(80)84-31-29-82-50-21-27-56(58(78)38-50)64-73-61(53-24-18-41(3)34-45(53)7)70-62(74-64)54-25-19-42(4)35-46(54)8/h13-27,32-38,77-78H,28-31H2,1-12H3,(H,75,79)(H,76,80). The third kappa shape index (κ3) is 14.0. The highest BCUT2D eigenvalue weighted by atomic mass is 16.6. The Kier molecular flexibility index (Phi) is 17.4. The number of benzene rings is 7. The summed E-state index contributed by atoms with van der Waals surface area (Å²) in [5, 5.41) is 28.5. The molecular weight excluding hydrogens is 1060 g/mol. The number of phenols is 2. The lowest BCUT2D eigenvalue weighted by Crippen LogP contribution is -2.43. The van der Waals surface area contributed by atoms with Gasteiger partial charge in [0.15, 0.2) is 34.9 Å². The fourth-order valence-electron chi connectivity index (χ4n) is 9.92. The van der Waals surface area contributed by atoms with Gasteiger partial charge in [0.25, 0.3) is 0 Å². The number of nitrogens with zero attached hydrogens (tertiary/aromatic N) is 6. The van der Waals surface area contributed by atoms with Gasteiger partial charge in [-0.15, -0.1) is 0 Å². The summed E-state index contributed by atoms with van der Waals surface area (Å²) in [5.74, 6) is 3.11. The Labute approximate surface area is 490 Å². The quantitative estimate of drug-likeness (QED) is 0.0589. The minimum Gasteiger partial charge on any atom is -0.507 e. The number of phenolic OH excluding ortho intramolecular Hbond substituents is 2. The number of aromatic nitrogens is 6. The fourth-order valence-corrected chi connectivity index (χ4v) is 9.92. The lowest BCUT2D eigenvalue weighted by Gasteiger charge is -2.30. The van der Waals surface area contributed by atoms with Crippen LogP contribution in [0.25, 0.3) is 68.3 Å². The van der Waals surface area contributed by atoms with Gasteiger partial charge >= 0.3 is 12.2 Å². The fraction of sp³-hybridized carbons (Fsp3) is 0.265. The van der Waals surface area contributed by atoms with Crippen LogP contribution in [0.4, 0.5) is 9.59 Å². The van der Waals surface area contributed by atoms with Crippen LogP contribution in [-0.4, -0.2) is 78.7 Å². The minimum absolute atomic E-state index is 0.00943. The van der Waals surface area contributed by atoms with Crippen LogP contribution in [0.1, 0.15) is 83.3 Å². The second kappa shape index (κ2) is 24.8. The van der Waals surface area contributed by atoms with Crippen molar-refractivity contribution in [2.75, 3.05) is 26.4 Å². The number of carbonyl (C=O) groups is 2. The third-order valence-electron chi connectivity index (χ3n) is 14.5. The zero-order valence-corrected chi connectivity index (χ0v) is 49.6. The van der Waals surface area contributed by atoms with Crippen LogP contribution in [0, 0.1) is 55.4 Å².